The van der Waals surface area contributed by atoms with Crippen LogP contribution in [0.1, 0.15) is 42.4 Å². The minimum absolute atomic E-state index is 0.0675. The number of hydrogen-bond acceptors (Lipinski definition) is 6. The molecule has 2 amide bonds. The highest BCUT2D eigenvalue weighted by Crippen LogP contribution is 2.18. The van der Waals surface area contributed by atoms with E-state index in [1.54, 1.807) is 30.3 Å². The number of amides is 2. The van der Waals surface area contributed by atoms with Gasteiger partial charge in [-0.2, -0.15) is 5.10 Å². The average Bonchev–Trinajstić information content (AvgIpc) is 3.22. The molecule has 164 valence electrons. The molecule has 0 spiro atoms. The van der Waals surface area contributed by atoms with Crippen LogP contribution in [0.15, 0.2) is 57.8 Å². The van der Waals surface area contributed by atoms with Crippen molar-refractivity contribution in [2.24, 2.45) is 0 Å². The lowest BCUT2D eigenvalue weighted by atomic mass is 10.1. The fourth-order valence-electron chi connectivity index (χ4n) is 3.51. The van der Waals surface area contributed by atoms with Gasteiger partial charge in [0.05, 0.1) is 11.8 Å². The van der Waals surface area contributed by atoms with Crippen LogP contribution in [0.5, 0.6) is 0 Å². The zero-order chi connectivity index (χ0) is 22.5. The molecule has 0 saturated carbocycles. The van der Waals surface area contributed by atoms with E-state index in [2.05, 4.69) is 28.0 Å². The van der Waals surface area contributed by atoms with E-state index in [4.69, 9.17) is 4.52 Å². The van der Waals surface area contributed by atoms with Crippen LogP contribution < -0.4 is 16.4 Å². The number of nitrogens with zero attached hydrogens (tertiary/aromatic N) is 3. The summed E-state index contributed by atoms with van der Waals surface area (Å²) in [5.41, 5.74) is 5.67. The summed E-state index contributed by atoms with van der Waals surface area (Å²) in [6, 6.07) is 14.0. The van der Waals surface area contributed by atoms with Gasteiger partial charge in [-0.1, -0.05) is 55.3 Å². The molecule has 0 aliphatic carbocycles. The first-order valence-electron chi connectivity index (χ1n) is 10.5. The first-order valence-corrected chi connectivity index (χ1v) is 10.5. The third kappa shape index (κ3) is 4.36. The van der Waals surface area contributed by atoms with E-state index in [1.165, 1.54) is 4.68 Å². The number of aromatic nitrogens is 3. The minimum Gasteiger partial charge on any atom is -0.356 e. The van der Waals surface area contributed by atoms with E-state index in [1.807, 2.05) is 18.2 Å². The Bertz CT molecular complexity index is 1340. The minimum atomic E-state index is -0.608. The normalized spacial score (nSPS) is 11.0. The molecular weight excluding hydrogens is 410 g/mol. The van der Waals surface area contributed by atoms with E-state index in [0.29, 0.717) is 28.6 Å². The van der Waals surface area contributed by atoms with Crippen LogP contribution in [-0.4, -0.2) is 26.8 Å². The largest absolute Gasteiger partial charge is 0.356 e. The third-order valence-electron chi connectivity index (χ3n) is 5.15. The number of benzene rings is 2. The molecule has 2 aromatic carbocycles. The van der Waals surface area contributed by atoms with Crippen molar-refractivity contribution in [2.45, 2.75) is 39.2 Å². The van der Waals surface area contributed by atoms with Gasteiger partial charge >= 0.3 is 0 Å². The van der Waals surface area contributed by atoms with E-state index in [9.17, 15) is 14.4 Å². The molecular formula is C23H23N5O4. The van der Waals surface area contributed by atoms with E-state index >= 15 is 0 Å². The molecule has 0 bridgehead atoms. The molecule has 0 radical (unpaired) electrons. The fourth-order valence-corrected chi connectivity index (χ4v) is 3.51. The van der Waals surface area contributed by atoms with Gasteiger partial charge in [-0.15, -0.1) is 0 Å². The van der Waals surface area contributed by atoms with Crippen molar-refractivity contribution >= 4 is 33.6 Å². The second kappa shape index (κ2) is 9.42. The Morgan fingerprint density at radius 1 is 0.969 bits per heavy atom. The standard InChI is InChI=1S/C23H23N5O4/c1-2-3-8-13-28-23(31)16-10-5-4-9-15(16)21(26-28)22(30)25-24-20(29)14-18-17-11-6-7-12-19(17)32-27-18/h4-7,9-12H,2-3,8,13-14H2,1H3,(H,24,29)(H,25,30). The molecule has 9 nitrogen and oxygen atoms in total. The summed E-state index contributed by atoms with van der Waals surface area (Å²) in [6.45, 7) is 2.49. The lowest BCUT2D eigenvalue weighted by Crippen LogP contribution is -2.43. The highest BCUT2D eigenvalue weighted by atomic mass is 16.5. The van der Waals surface area contributed by atoms with Crippen molar-refractivity contribution in [3.05, 3.63) is 70.3 Å². The summed E-state index contributed by atoms with van der Waals surface area (Å²) in [5.74, 6) is -1.07. The van der Waals surface area contributed by atoms with Gasteiger partial charge in [-0.05, 0) is 24.6 Å². The Balaban J connectivity index is 1.51. The molecule has 0 fully saturated rings. The number of carbonyl (C=O) groups excluding carboxylic acids is 2. The van der Waals surface area contributed by atoms with Crippen molar-refractivity contribution in [3.63, 3.8) is 0 Å². The van der Waals surface area contributed by atoms with Crippen LogP contribution in [0.2, 0.25) is 0 Å². The highest BCUT2D eigenvalue weighted by Gasteiger charge is 2.18. The average molecular weight is 433 g/mol. The lowest BCUT2D eigenvalue weighted by molar-refractivity contribution is -0.121. The van der Waals surface area contributed by atoms with Gasteiger partial charge in [0.25, 0.3) is 11.5 Å². The Morgan fingerprint density at radius 3 is 2.47 bits per heavy atom. The SMILES string of the molecule is CCCCCn1nc(C(=O)NNC(=O)Cc2noc3ccccc23)c2ccccc2c1=O. The third-order valence-corrected chi connectivity index (χ3v) is 5.15. The smallest absolute Gasteiger partial charge is 0.290 e. The predicted molar refractivity (Wildman–Crippen MR) is 119 cm³/mol. The van der Waals surface area contributed by atoms with E-state index in [-0.39, 0.29) is 17.7 Å². The summed E-state index contributed by atoms with van der Waals surface area (Å²) >= 11 is 0. The highest BCUT2D eigenvalue weighted by molar-refractivity contribution is 6.05. The maximum atomic E-state index is 12.8. The van der Waals surface area contributed by atoms with Crippen molar-refractivity contribution in [3.8, 4) is 0 Å². The van der Waals surface area contributed by atoms with Crippen LogP contribution >= 0.6 is 0 Å². The number of fused-ring (bicyclic) bond motifs is 2. The molecule has 2 N–H and O–H groups in total. The summed E-state index contributed by atoms with van der Waals surface area (Å²) in [6.07, 6.45) is 2.67. The number of nitrogens with one attached hydrogen (secondary N) is 2. The number of unbranched alkanes of at least 4 members (excludes halogenated alkanes) is 2. The van der Waals surface area contributed by atoms with Crippen LogP contribution in [0.25, 0.3) is 21.7 Å². The van der Waals surface area contributed by atoms with Crippen LogP contribution in [0.3, 0.4) is 0 Å². The fraction of sp³-hybridized carbons (Fsp3) is 0.261. The maximum Gasteiger partial charge on any atom is 0.290 e. The number of aryl methyl sites for hydroxylation is 1. The Hall–Kier alpha value is -4.01. The molecule has 0 atom stereocenters. The number of hydrazine groups is 1. The number of rotatable bonds is 7. The Kier molecular flexibility index (Phi) is 6.25. The first-order chi connectivity index (χ1) is 15.6. The molecule has 2 aromatic heterocycles. The molecule has 2 heterocycles. The molecule has 0 aliphatic heterocycles. The Morgan fingerprint density at radius 2 is 1.69 bits per heavy atom. The molecule has 4 aromatic rings. The van der Waals surface area contributed by atoms with Crippen molar-refractivity contribution in [1.82, 2.24) is 25.8 Å². The molecule has 0 aliphatic rings. The second-order valence-electron chi connectivity index (χ2n) is 7.43. The van der Waals surface area contributed by atoms with Crippen LogP contribution in [-0.2, 0) is 17.8 Å². The van der Waals surface area contributed by atoms with Gasteiger partial charge < -0.3 is 4.52 Å². The number of para-hydroxylation sites is 1. The molecule has 9 heteroatoms. The van der Waals surface area contributed by atoms with Gasteiger partial charge in [0.2, 0.25) is 5.91 Å². The Labute approximate surface area is 183 Å². The van der Waals surface area contributed by atoms with Gasteiger partial charge in [0, 0.05) is 17.3 Å². The molecule has 32 heavy (non-hydrogen) atoms. The summed E-state index contributed by atoms with van der Waals surface area (Å²) in [7, 11) is 0. The van der Waals surface area contributed by atoms with Crippen LogP contribution in [0, 0.1) is 0 Å². The topological polar surface area (TPSA) is 119 Å². The first kappa shape index (κ1) is 21.2. The van der Waals surface area contributed by atoms with Crippen molar-refractivity contribution < 1.29 is 14.1 Å². The van der Waals surface area contributed by atoms with Gasteiger partial charge in [-0.25, -0.2) is 4.68 Å². The zero-order valence-corrected chi connectivity index (χ0v) is 17.6. The zero-order valence-electron chi connectivity index (χ0n) is 17.6. The molecule has 0 unspecified atom stereocenters. The van der Waals surface area contributed by atoms with E-state index in [0.717, 1.165) is 24.6 Å². The van der Waals surface area contributed by atoms with Gasteiger partial charge in [0.1, 0.15) is 5.69 Å². The van der Waals surface area contributed by atoms with E-state index < -0.39 is 11.8 Å². The summed E-state index contributed by atoms with van der Waals surface area (Å²) in [4.78, 5) is 37.9. The predicted octanol–water partition coefficient (Wildman–Crippen LogP) is 2.73. The molecule has 0 saturated heterocycles. The van der Waals surface area contributed by atoms with Crippen LogP contribution in [0.4, 0.5) is 0 Å². The quantitative estimate of drug-likeness (QED) is 0.342. The maximum absolute atomic E-state index is 12.8. The number of hydrogen-bond donors (Lipinski definition) is 2. The van der Waals surface area contributed by atoms with Gasteiger partial charge in [0.15, 0.2) is 11.3 Å². The monoisotopic (exact) mass is 433 g/mol. The lowest BCUT2D eigenvalue weighted by Gasteiger charge is -2.11. The summed E-state index contributed by atoms with van der Waals surface area (Å²) < 4.78 is 6.51. The summed E-state index contributed by atoms with van der Waals surface area (Å²) in [5, 5.41) is 9.77. The number of carbonyl (C=O) groups is 2. The van der Waals surface area contributed by atoms with Gasteiger partial charge in [-0.3, -0.25) is 25.2 Å². The second-order valence-corrected chi connectivity index (χ2v) is 7.43. The molecule has 4 rings (SSSR count). The van der Waals surface area contributed by atoms with Crippen molar-refractivity contribution in [2.75, 3.05) is 0 Å². The van der Waals surface area contributed by atoms with Crippen molar-refractivity contribution in [1.29, 1.82) is 0 Å².